The van der Waals surface area contributed by atoms with Gasteiger partial charge in [-0.2, -0.15) is 0 Å². The number of para-hydroxylation sites is 1. The molecular formula is C17H24O2. The molecule has 0 saturated carbocycles. The first-order valence-electron chi connectivity index (χ1n) is 6.86. The molecule has 0 bridgehead atoms. The summed E-state index contributed by atoms with van der Waals surface area (Å²) >= 11 is 0. The number of phenols is 1. The van der Waals surface area contributed by atoms with E-state index in [0.29, 0.717) is 5.75 Å². The van der Waals surface area contributed by atoms with Crippen LogP contribution in [-0.4, -0.2) is 5.11 Å². The van der Waals surface area contributed by atoms with E-state index in [2.05, 4.69) is 40.7 Å². The summed E-state index contributed by atoms with van der Waals surface area (Å²) < 4.78 is 5.71. The first-order chi connectivity index (χ1) is 8.71. The molecule has 1 aromatic carbocycles. The lowest BCUT2D eigenvalue weighted by atomic mass is 9.80. The van der Waals surface area contributed by atoms with Crippen molar-refractivity contribution < 1.29 is 9.84 Å². The maximum absolute atomic E-state index is 10.5. The van der Waals surface area contributed by atoms with Crippen LogP contribution in [0, 0.1) is 5.41 Å². The molecule has 1 heterocycles. The molecule has 0 saturated heterocycles. The van der Waals surface area contributed by atoms with Gasteiger partial charge in [0.25, 0.3) is 0 Å². The van der Waals surface area contributed by atoms with E-state index in [1.54, 1.807) is 6.26 Å². The quantitative estimate of drug-likeness (QED) is 0.793. The smallest absolute Gasteiger partial charge is 0.127 e. The Kier molecular flexibility index (Phi) is 3.38. The molecule has 2 nitrogen and oxygen atoms in total. The van der Waals surface area contributed by atoms with Gasteiger partial charge in [0, 0.05) is 5.56 Å². The van der Waals surface area contributed by atoms with Crippen LogP contribution in [0.25, 0.3) is 0 Å². The van der Waals surface area contributed by atoms with Crippen molar-refractivity contribution in [1.29, 1.82) is 0 Å². The highest BCUT2D eigenvalue weighted by Gasteiger charge is 2.30. The first kappa shape index (κ1) is 14.0. The zero-order valence-corrected chi connectivity index (χ0v) is 12.5. The van der Waals surface area contributed by atoms with E-state index in [4.69, 9.17) is 4.74 Å². The fraction of sp³-hybridized carbons (Fsp3) is 0.529. The number of hydrogen-bond donors (Lipinski definition) is 1. The van der Waals surface area contributed by atoms with Crippen molar-refractivity contribution in [1.82, 2.24) is 0 Å². The molecule has 104 valence electrons. The van der Waals surface area contributed by atoms with Crippen molar-refractivity contribution in [3.8, 4) is 5.75 Å². The van der Waals surface area contributed by atoms with E-state index in [0.717, 1.165) is 17.5 Å². The van der Waals surface area contributed by atoms with E-state index < -0.39 is 0 Å². The second-order valence-electron chi connectivity index (χ2n) is 7.11. The Morgan fingerprint density at radius 2 is 1.95 bits per heavy atom. The summed E-state index contributed by atoms with van der Waals surface area (Å²) in [5.41, 5.74) is 1.90. The molecule has 0 fully saturated rings. The predicted octanol–water partition coefficient (Wildman–Crippen LogP) is 4.69. The van der Waals surface area contributed by atoms with Crippen LogP contribution < -0.4 is 0 Å². The van der Waals surface area contributed by atoms with Gasteiger partial charge in [0.1, 0.15) is 11.9 Å². The van der Waals surface area contributed by atoms with Crippen molar-refractivity contribution in [2.45, 2.75) is 52.6 Å². The molecule has 2 heteroatoms. The summed E-state index contributed by atoms with van der Waals surface area (Å²) in [5, 5.41) is 10.5. The number of aromatic hydroxyl groups is 1. The monoisotopic (exact) mass is 260 g/mol. The van der Waals surface area contributed by atoms with Crippen LogP contribution in [0.4, 0.5) is 0 Å². The lowest BCUT2D eigenvalue weighted by Gasteiger charge is -2.32. The molecule has 1 unspecified atom stereocenters. The van der Waals surface area contributed by atoms with Crippen LogP contribution in [0.3, 0.4) is 0 Å². The minimum atomic E-state index is -0.0693. The van der Waals surface area contributed by atoms with Gasteiger partial charge < -0.3 is 9.84 Å². The van der Waals surface area contributed by atoms with E-state index >= 15 is 0 Å². The van der Waals surface area contributed by atoms with Gasteiger partial charge in [0.2, 0.25) is 0 Å². The second-order valence-corrected chi connectivity index (χ2v) is 7.11. The molecule has 1 atom stereocenters. The molecule has 0 aromatic heterocycles. The van der Waals surface area contributed by atoms with Crippen molar-refractivity contribution in [2.75, 3.05) is 0 Å². The summed E-state index contributed by atoms with van der Waals surface area (Å²) in [7, 11) is 0. The zero-order valence-electron chi connectivity index (χ0n) is 12.5. The molecule has 0 aliphatic carbocycles. The summed E-state index contributed by atoms with van der Waals surface area (Å²) in [4.78, 5) is 0. The molecule has 1 aliphatic heterocycles. The Balaban J connectivity index is 2.39. The zero-order chi connectivity index (χ0) is 14.3. The number of hydrogen-bond acceptors (Lipinski definition) is 2. The third-order valence-corrected chi connectivity index (χ3v) is 3.70. The maximum Gasteiger partial charge on any atom is 0.127 e. The van der Waals surface area contributed by atoms with Crippen LogP contribution in [0.15, 0.2) is 30.5 Å². The Bertz CT molecular complexity index is 492. The summed E-state index contributed by atoms with van der Waals surface area (Å²) in [6, 6.07) is 5.96. The Hall–Kier alpha value is -1.44. The van der Waals surface area contributed by atoms with Gasteiger partial charge in [0.15, 0.2) is 0 Å². The third-order valence-electron chi connectivity index (χ3n) is 3.70. The Morgan fingerprint density at radius 3 is 2.53 bits per heavy atom. The lowest BCUT2D eigenvalue weighted by molar-refractivity contribution is 0.0820. The lowest BCUT2D eigenvalue weighted by Crippen LogP contribution is -2.20. The SMILES string of the molecule is CC1(C)C=COC(c2cccc(C(C)(C)C)c2O)C1. The molecule has 1 aliphatic rings. The van der Waals surface area contributed by atoms with E-state index in [1.807, 2.05) is 18.2 Å². The predicted molar refractivity (Wildman–Crippen MR) is 78.2 cm³/mol. The summed E-state index contributed by atoms with van der Waals surface area (Å²) in [6.07, 6.45) is 4.65. The van der Waals surface area contributed by atoms with Gasteiger partial charge >= 0.3 is 0 Å². The number of benzene rings is 1. The van der Waals surface area contributed by atoms with Crippen LogP contribution in [0.1, 0.15) is 58.3 Å². The van der Waals surface area contributed by atoms with Gasteiger partial charge in [-0.3, -0.25) is 0 Å². The summed E-state index contributed by atoms with van der Waals surface area (Å²) in [5.74, 6) is 0.381. The Morgan fingerprint density at radius 1 is 1.26 bits per heavy atom. The fourth-order valence-corrected chi connectivity index (χ4v) is 2.52. The Labute approximate surface area is 116 Å². The van der Waals surface area contributed by atoms with Crippen LogP contribution in [0.2, 0.25) is 0 Å². The van der Waals surface area contributed by atoms with Crippen molar-refractivity contribution in [3.63, 3.8) is 0 Å². The molecule has 0 spiro atoms. The number of ether oxygens (including phenoxy) is 1. The van der Waals surface area contributed by atoms with Gasteiger partial charge in [-0.05, 0) is 28.9 Å². The van der Waals surface area contributed by atoms with E-state index in [9.17, 15) is 5.11 Å². The van der Waals surface area contributed by atoms with Crippen molar-refractivity contribution in [3.05, 3.63) is 41.7 Å². The van der Waals surface area contributed by atoms with E-state index in [-0.39, 0.29) is 16.9 Å². The standard InChI is InChI=1S/C17H24O2/c1-16(2,3)13-8-6-7-12(15(13)18)14-11-17(4,5)9-10-19-14/h6-10,14,18H,11H2,1-5H3. The molecule has 0 amide bonds. The van der Waals surface area contributed by atoms with Crippen LogP contribution in [-0.2, 0) is 10.2 Å². The minimum Gasteiger partial charge on any atom is -0.507 e. The summed E-state index contributed by atoms with van der Waals surface area (Å²) in [6.45, 7) is 10.7. The van der Waals surface area contributed by atoms with Gasteiger partial charge in [-0.25, -0.2) is 0 Å². The van der Waals surface area contributed by atoms with Gasteiger partial charge in [-0.1, -0.05) is 52.8 Å². The van der Waals surface area contributed by atoms with Gasteiger partial charge in [-0.15, -0.1) is 0 Å². The molecular weight excluding hydrogens is 236 g/mol. The van der Waals surface area contributed by atoms with E-state index in [1.165, 1.54) is 0 Å². The number of allylic oxidation sites excluding steroid dienone is 1. The topological polar surface area (TPSA) is 29.5 Å². The number of rotatable bonds is 1. The van der Waals surface area contributed by atoms with Crippen molar-refractivity contribution in [2.24, 2.45) is 5.41 Å². The van der Waals surface area contributed by atoms with Crippen LogP contribution in [0.5, 0.6) is 5.75 Å². The van der Waals surface area contributed by atoms with Gasteiger partial charge in [0.05, 0.1) is 6.26 Å². The van der Waals surface area contributed by atoms with Crippen molar-refractivity contribution >= 4 is 0 Å². The first-order valence-corrected chi connectivity index (χ1v) is 6.86. The average molecular weight is 260 g/mol. The fourth-order valence-electron chi connectivity index (χ4n) is 2.52. The highest BCUT2D eigenvalue weighted by atomic mass is 16.5. The maximum atomic E-state index is 10.5. The molecule has 19 heavy (non-hydrogen) atoms. The molecule has 2 rings (SSSR count). The highest BCUT2D eigenvalue weighted by molar-refractivity contribution is 5.45. The average Bonchev–Trinajstić information content (AvgIpc) is 2.26. The highest BCUT2D eigenvalue weighted by Crippen LogP contribution is 2.43. The molecule has 0 radical (unpaired) electrons. The number of phenolic OH excluding ortho intramolecular Hbond substituents is 1. The van der Waals surface area contributed by atoms with Crippen LogP contribution >= 0.6 is 0 Å². The molecule has 1 aromatic rings. The largest absolute Gasteiger partial charge is 0.507 e. The molecule has 1 N–H and O–H groups in total. The minimum absolute atomic E-state index is 0.0673. The normalized spacial score (nSPS) is 22.1. The third kappa shape index (κ3) is 2.94. The second kappa shape index (κ2) is 4.59.